The normalized spacial score (nSPS) is 11.1. The highest BCUT2D eigenvalue weighted by Gasteiger charge is 2.08. The number of non-ortho nitro benzene ring substituents is 1. The van der Waals surface area contributed by atoms with Crippen molar-refractivity contribution in [2.75, 3.05) is 20.7 Å². The fraction of sp³-hybridized carbons (Fsp3) is 0.316. The number of nitro groups is 1. The number of nitrogens with zero attached hydrogens (tertiary/aromatic N) is 3. The average molecular weight is 356 g/mol. The first-order chi connectivity index (χ1) is 12.5. The standard InChI is InChI=1S/C19H24N4O3/c1-4-20-19(21-13-15-5-9-17(10-6-15)23(24)25)22(2)14-16-7-11-18(26-3)12-8-16/h5-12H,4,13-14H2,1-3H3,(H,20,21). The number of aliphatic imine (C=N–C) groups is 1. The summed E-state index contributed by atoms with van der Waals surface area (Å²) in [7, 11) is 3.62. The molecule has 0 aliphatic heterocycles. The molecule has 2 rings (SSSR count). The number of guanidine groups is 1. The number of hydrogen-bond acceptors (Lipinski definition) is 4. The van der Waals surface area contributed by atoms with Gasteiger partial charge in [0.05, 0.1) is 18.6 Å². The molecule has 0 amide bonds. The molecule has 7 heteroatoms. The molecule has 0 aromatic heterocycles. The Hall–Kier alpha value is -3.09. The summed E-state index contributed by atoms with van der Waals surface area (Å²) in [6.07, 6.45) is 0. The van der Waals surface area contributed by atoms with Gasteiger partial charge in [0.2, 0.25) is 0 Å². The Morgan fingerprint density at radius 1 is 1.15 bits per heavy atom. The summed E-state index contributed by atoms with van der Waals surface area (Å²) >= 11 is 0. The predicted octanol–water partition coefficient (Wildman–Crippen LogP) is 3.20. The molecule has 0 unspecified atom stereocenters. The molecule has 1 N–H and O–H groups in total. The van der Waals surface area contributed by atoms with E-state index in [1.165, 1.54) is 12.1 Å². The molecule has 0 aliphatic carbocycles. The largest absolute Gasteiger partial charge is 0.497 e. The topological polar surface area (TPSA) is 80.0 Å². The van der Waals surface area contributed by atoms with E-state index in [0.29, 0.717) is 13.1 Å². The van der Waals surface area contributed by atoms with Crippen molar-refractivity contribution in [2.45, 2.75) is 20.0 Å². The Kier molecular flexibility index (Phi) is 6.96. The summed E-state index contributed by atoms with van der Waals surface area (Å²) in [4.78, 5) is 17.0. The summed E-state index contributed by atoms with van der Waals surface area (Å²) < 4.78 is 5.18. The van der Waals surface area contributed by atoms with Crippen LogP contribution in [0.1, 0.15) is 18.1 Å². The van der Waals surface area contributed by atoms with E-state index in [4.69, 9.17) is 4.74 Å². The number of hydrogen-bond donors (Lipinski definition) is 1. The zero-order valence-corrected chi connectivity index (χ0v) is 15.3. The minimum atomic E-state index is -0.403. The lowest BCUT2D eigenvalue weighted by Crippen LogP contribution is -2.38. The molecular weight excluding hydrogens is 332 g/mol. The van der Waals surface area contributed by atoms with E-state index in [2.05, 4.69) is 10.3 Å². The molecule has 138 valence electrons. The zero-order valence-electron chi connectivity index (χ0n) is 15.3. The van der Waals surface area contributed by atoms with Crippen LogP contribution in [0.5, 0.6) is 5.75 Å². The van der Waals surface area contributed by atoms with Gasteiger partial charge in [-0.05, 0) is 30.2 Å². The number of nitrogens with one attached hydrogen (secondary N) is 1. The Balaban J connectivity index is 2.05. The molecular formula is C19H24N4O3. The molecule has 0 radical (unpaired) electrons. The van der Waals surface area contributed by atoms with Crippen LogP contribution in [0.3, 0.4) is 0 Å². The highest BCUT2D eigenvalue weighted by atomic mass is 16.6. The number of benzene rings is 2. The lowest BCUT2D eigenvalue weighted by molar-refractivity contribution is -0.384. The summed E-state index contributed by atoms with van der Waals surface area (Å²) in [5.41, 5.74) is 2.15. The fourth-order valence-electron chi connectivity index (χ4n) is 2.44. The molecule has 7 nitrogen and oxygen atoms in total. The summed E-state index contributed by atoms with van der Waals surface area (Å²) in [5.74, 6) is 1.61. The van der Waals surface area contributed by atoms with Gasteiger partial charge in [0.25, 0.3) is 5.69 Å². The van der Waals surface area contributed by atoms with Crippen molar-refractivity contribution in [2.24, 2.45) is 4.99 Å². The Bertz CT molecular complexity index is 742. The van der Waals surface area contributed by atoms with Gasteiger partial charge in [-0.25, -0.2) is 4.99 Å². The van der Waals surface area contributed by atoms with E-state index < -0.39 is 4.92 Å². The average Bonchev–Trinajstić information content (AvgIpc) is 2.66. The fourth-order valence-corrected chi connectivity index (χ4v) is 2.44. The second kappa shape index (κ2) is 9.41. The Morgan fingerprint density at radius 2 is 1.77 bits per heavy atom. The van der Waals surface area contributed by atoms with Crippen molar-refractivity contribution < 1.29 is 9.66 Å². The van der Waals surface area contributed by atoms with Crippen LogP contribution in [0.15, 0.2) is 53.5 Å². The van der Waals surface area contributed by atoms with Crippen LogP contribution in [0.4, 0.5) is 5.69 Å². The lowest BCUT2D eigenvalue weighted by atomic mass is 10.2. The van der Waals surface area contributed by atoms with E-state index in [1.54, 1.807) is 19.2 Å². The van der Waals surface area contributed by atoms with Gasteiger partial charge < -0.3 is 15.0 Å². The van der Waals surface area contributed by atoms with Crippen molar-refractivity contribution in [3.63, 3.8) is 0 Å². The van der Waals surface area contributed by atoms with Crippen molar-refractivity contribution in [1.82, 2.24) is 10.2 Å². The molecule has 0 heterocycles. The zero-order chi connectivity index (χ0) is 18.9. The molecule has 2 aromatic carbocycles. The molecule has 26 heavy (non-hydrogen) atoms. The maximum Gasteiger partial charge on any atom is 0.269 e. The number of rotatable bonds is 7. The quantitative estimate of drug-likeness (QED) is 0.357. The molecule has 0 saturated carbocycles. The summed E-state index contributed by atoms with van der Waals surface area (Å²) in [6, 6.07) is 14.4. The van der Waals surface area contributed by atoms with E-state index >= 15 is 0 Å². The SMILES string of the molecule is CCNC(=NCc1ccc([N+](=O)[O-])cc1)N(C)Cc1ccc(OC)cc1. The Labute approximate surface area is 153 Å². The molecule has 0 bridgehead atoms. The van der Waals surface area contributed by atoms with Crippen molar-refractivity contribution in [3.8, 4) is 5.75 Å². The minimum absolute atomic E-state index is 0.0845. The van der Waals surface area contributed by atoms with Crippen LogP contribution in [-0.4, -0.2) is 36.5 Å². The van der Waals surface area contributed by atoms with Crippen LogP contribution in [0.2, 0.25) is 0 Å². The van der Waals surface area contributed by atoms with Crippen molar-refractivity contribution >= 4 is 11.6 Å². The number of nitro benzene ring substituents is 1. The van der Waals surface area contributed by atoms with E-state index in [1.807, 2.05) is 43.1 Å². The van der Waals surface area contributed by atoms with Gasteiger partial charge in [0.15, 0.2) is 5.96 Å². The first-order valence-corrected chi connectivity index (χ1v) is 8.39. The molecule has 2 aromatic rings. The smallest absolute Gasteiger partial charge is 0.269 e. The monoisotopic (exact) mass is 356 g/mol. The second-order valence-electron chi connectivity index (χ2n) is 5.80. The summed E-state index contributed by atoms with van der Waals surface area (Å²) in [6.45, 7) is 3.93. The van der Waals surface area contributed by atoms with Crippen LogP contribution in [0.25, 0.3) is 0 Å². The van der Waals surface area contributed by atoms with Gasteiger partial charge in [-0.2, -0.15) is 0 Å². The predicted molar refractivity (Wildman–Crippen MR) is 102 cm³/mol. The number of ether oxygens (including phenoxy) is 1. The Morgan fingerprint density at radius 3 is 2.31 bits per heavy atom. The van der Waals surface area contributed by atoms with Crippen LogP contribution in [-0.2, 0) is 13.1 Å². The van der Waals surface area contributed by atoms with Gasteiger partial charge >= 0.3 is 0 Å². The highest BCUT2D eigenvalue weighted by molar-refractivity contribution is 5.79. The molecule has 0 fully saturated rings. The highest BCUT2D eigenvalue weighted by Crippen LogP contribution is 2.14. The molecule has 0 spiro atoms. The van der Waals surface area contributed by atoms with Crippen LogP contribution in [0, 0.1) is 10.1 Å². The van der Waals surface area contributed by atoms with Crippen molar-refractivity contribution in [3.05, 3.63) is 69.8 Å². The van der Waals surface area contributed by atoms with Gasteiger partial charge in [0, 0.05) is 32.3 Å². The first-order valence-electron chi connectivity index (χ1n) is 8.39. The van der Waals surface area contributed by atoms with E-state index in [9.17, 15) is 10.1 Å². The third kappa shape index (κ3) is 5.47. The van der Waals surface area contributed by atoms with E-state index in [0.717, 1.165) is 29.4 Å². The molecule has 0 saturated heterocycles. The number of methoxy groups -OCH3 is 1. The van der Waals surface area contributed by atoms with Gasteiger partial charge in [-0.1, -0.05) is 24.3 Å². The van der Waals surface area contributed by atoms with E-state index in [-0.39, 0.29) is 5.69 Å². The second-order valence-corrected chi connectivity index (χ2v) is 5.80. The van der Waals surface area contributed by atoms with Crippen LogP contribution >= 0.6 is 0 Å². The van der Waals surface area contributed by atoms with Gasteiger partial charge in [0.1, 0.15) is 5.75 Å². The van der Waals surface area contributed by atoms with Crippen molar-refractivity contribution in [1.29, 1.82) is 0 Å². The molecule has 0 aliphatic rings. The molecule has 0 atom stereocenters. The minimum Gasteiger partial charge on any atom is -0.497 e. The van der Waals surface area contributed by atoms with Gasteiger partial charge in [-0.15, -0.1) is 0 Å². The van der Waals surface area contributed by atoms with Crippen LogP contribution < -0.4 is 10.1 Å². The third-order valence-corrected chi connectivity index (χ3v) is 3.83. The maximum absolute atomic E-state index is 10.7. The lowest BCUT2D eigenvalue weighted by Gasteiger charge is -2.22. The first kappa shape index (κ1) is 19.2. The summed E-state index contributed by atoms with van der Waals surface area (Å²) in [5, 5.41) is 14.0. The third-order valence-electron chi connectivity index (χ3n) is 3.83. The van der Waals surface area contributed by atoms with Gasteiger partial charge in [-0.3, -0.25) is 10.1 Å². The maximum atomic E-state index is 10.7.